The summed E-state index contributed by atoms with van der Waals surface area (Å²) >= 11 is 0. The summed E-state index contributed by atoms with van der Waals surface area (Å²) in [4.78, 5) is 28.4. The highest BCUT2D eigenvalue weighted by Crippen LogP contribution is 2.78. The first-order valence-corrected chi connectivity index (χ1v) is 16.4. The van der Waals surface area contributed by atoms with Crippen molar-refractivity contribution in [3.05, 3.63) is 0 Å². The lowest BCUT2D eigenvalue weighted by Gasteiger charge is -2.54. The number of ether oxygens (including phenoxy) is 1. The second kappa shape index (κ2) is 10.2. The van der Waals surface area contributed by atoms with Crippen molar-refractivity contribution in [2.24, 2.45) is 11.8 Å². The van der Waals surface area contributed by atoms with Crippen molar-refractivity contribution >= 4 is 28.2 Å². The van der Waals surface area contributed by atoms with Gasteiger partial charge in [0.2, 0.25) is 5.91 Å². The molecule has 0 aromatic rings. The first-order valence-electron chi connectivity index (χ1n) is 11.7. The van der Waals surface area contributed by atoms with Gasteiger partial charge in [-0.1, -0.05) is 19.6 Å². The molecule has 0 heterocycles. The maximum Gasteiger partial charge on any atom is 0.310 e. The van der Waals surface area contributed by atoms with Gasteiger partial charge in [0.25, 0.3) is 0 Å². The molecule has 0 bridgehead atoms. The summed E-state index contributed by atoms with van der Waals surface area (Å²) in [6.45, 7) is 24.9. The zero-order chi connectivity index (χ0) is 24.6. The van der Waals surface area contributed by atoms with E-state index < -0.39 is 16.3 Å². The molecule has 1 saturated carbocycles. The Morgan fingerprint density at radius 3 is 1.39 bits per heavy atom. The van der Waals surface area contributed by atoms with Gasteiger partial charge in [-0.15, -0.1) is 0 Å². The van der Waals surface area contributed by atoms with Gasteiger partial charge in [0.1, 0.15) is 0 Å². The van der Waals surface area contributed by atoms with E-state index in [2.05, 4.69) is 84.4 Å². The Hall–Kier alpha value is -0.493. The number of carbonyl (C=O) groups excluding carboxylic acids is 2. The summed E-state index contributed by atoms with van der Waals surface area (Å²) in [5.74, 6) is -0.877. The molecule has 0 N–H and O–H groups in total. The van der Waals surface area contributed by atoms with Crippen LogP contribution in [0.25, 0.3) is 0 Å². The molecule has 1 aliphatic rings. The van der Waals surface area contributed by atoms with Gasteiger partial charge in [0.05, 0.1) is 27.0 Å². The molecule has 1 fully saturated rings. The molecule has 1 amide bonds. The van der Waals surface area contributed by atoms with Gasteiger partial charge in [-0.3, -0.25) is 18.9 Å². The number of hydrogen-bond donors (Lipinski definition) is 0. The topological polar surface area (TPSA) is 53.1 Å². The maximum absolute atomic E-state index is 13.5. The first-order chi connectivity index (χ1) is 14.0. The second-order valence-electron chi connectivity index (χ2n) is 11.2. The molecule has 0 spiro atoms. The van der Waals surface area contributed by atoms with Gasteiger partial charge in [0.15, 0.2) is 0 Å². The molecule has 8 heteroatoms. The zero-order valence-corrected chi connectivity index (χ0v) is 24.4. The van der Waals surface area contributed by atoms with Crippen molar-refractivity contribution in [2.75, 3.05) is 21.2 Å². The van der Waals surface area contributed by atoms with Crippen molar-refractivity contribution in [2.45, 2.75) is 104 Å². The fourth-order valence-corrected chi connectivity index (χ4v) is 14.6. The average molecular weight is 474 g/mol. The van der Waals surface area contributed by atoms with E-state index >= 15 is 0 Å². The fourth-order valence-electron chi connectivity index (χ4n) is 5.48. The molecule has 0 radical (unpaired) electrons. The highest BCUT2D eigenvalue weighted by molar-refractivity contribution is 7.59. The fraction of sp³-hybridized carbons (Fsp3) is 0.913. The van der Waals surface area contributed by atoms with Crippen LogP contribution in [0.15, 0.2) is 0 Å². The molecule has 182 valence electrons. The van der Waals surface area contributed by atoms with Gasteiger partial charge in [0, 0.05) is 51.3 Å². The second-order valence-corrected chi connectivity index (χ2v) is 19.2. The number of esters is 1. The van der Waals surface area contributed by atoms with Gasteiger partial charge in [-0.25, -0.2) is 0 Å². The predicted molar refractivity (Wildman–Crippen MR) is 135 cm³/mol. The summed E-state index contributed by atoms with van der Waals surface area (Å²) in [7, 11) is 2.04. The van der Waals surface area contributed by atoms with Crippen LogP contribution < -0.4 is 0 Å². The Labute approximate surface area is 193 Å². The molecule has 0 aromatic heterocycles. The highest BCUT2D eigenvalue weighted by Gasteiger charge is 2.81. The summed E-state index contributed by atoms with van der Waals surface area (Å²) in [6.07, 6.45) is 0. The first kappa shape index (κ1) is 28.5. The Morgan fingerprint density at radius 1 is 0.806 bits per heavy atom. The molecular formula is C23H48N3O3PSi. The number of rotatable bonds is 10. The van der Waals surface area contributed by atoms with E-state index in [1.807, 2.05) is 0 Å². The van der Waals surface area contributed by atoms with Gasteiger partial charge < -0.3 is 9.64 Å². The maximum atomic E-state index is 13.5. The van der Waals surface area contributed by atoms with Crippen LogP contribution in [0.5, 0.6) is 0 Å². The summed E-state index contributed by atoms with van der Waals surface area (Å²) in [6, 6.07) is 1.20. The van der Waals surface area contributed by atoms with E-state index in [4.69, 9.17) is 4.74 Å². The van der Waals surface area contributed by atoms with E-state index in [0.29, 0.717) is 24.2 Å². The van der Waals surface area contributed by atoms with Crippen molar-refractivity contribution in [3.63, 3.8) is 0 Å². The van der Waals surface area contributed by atoms with E-state index in [1.54, 1.807) is 19.0 Å². The third-order valence-electron chi connectivity index (χ3n) is 6.42. The van der Waals surface area contributed by atoms with Crippen LogP contribution in [0.3, 0.4) is 0 Å². The van der Waals surface area contributed by atoms with Crippen molar-refractivity contribution in [1.82, 2.24) is 14.2 Å². The van der Waals surface area contributed by atoms with Crippen LogP contribution in [0.2, 0.25) is 19.6 Å². The number of hydrogen-bond acceptors (Lipinski definition) is 5. The highest BCUT2D eigenvalue weighted by atomic mass is 31.1. The van der Waals surface area contributed by atoms with E-state index in [1.165, 1.54) is 7.11 Å². The zero-order valence-electron chi connectivity index (χ0n) is 22.5. The average Bonchev–Trinajstić information content (AvgIpc) is 3.29. The monoisotopic (exact) mass is 473 g/mol. The van der Waals surface area contributed by atoms with Crippen LogP contribution in [0.1, 0.15) is 55.4 Å². The minimum Gasteiger partial charge on any atom is -0.469 e. The SMILES string of the molecule is COC(=O)[C@H]1[C@H](C(=O)N(C)C)[C@@]1(P(N(C(C)C)C(C)C)N(C(C)C)C(C)C)[Si](C)(C)C. The van der Waals surface area contributed by atoms with Crippen molar-refractivity contribution < 1.29 is 14.3 Å². The Kier molecular flexibility index (Phi) is 9.38. The smallest absolute Gasteiger partial charge is 0.310 e. The molecule has 0 aromatic carbocycles. The minimum absolute atomic E-state index is 0.0604. The molecule has 0 aliphatic heterocycles. The van der Waals surface area contributed by atoms with Crippen LogP contribution in [-0.2, 0) is 14.3 Å². The number of methoxy groups -OCH3 is 1. The standard InChI is InChI=1S/C23H48N3O3PSi/c1-15(2)25(16(3)4)30(26(17(5)6)18(7)8)23(31(12,13)14)19(21(27)24(9)10)20(23)22(28)29-11/h15-20H,1-14H3/t19-,20-,23-/m1/s1. The Morgan fingerprint density at radius 2 is 1.16 bits per heavy atom. The third-order valence-corrected chi connectivity index (χ3v) is 16.0. The Bertz CT molecular complexity index is 612. The molecule has 1 rings (SSSR count). The molecule has 1 aliphatic carbocycles. The van der Waals surface area contributed by atoms with Crippen molar-refractivity contribution in [3.8, 4) is 0 Å². The lowest BCUT2D eigenvalue weighted by Crippen LogP contribution is -2.55. The van der Waals surface area contributed by atoms with Crippen molar-refractivity contribution in [1.29, 1.82) is 0 Å². The molecule has 0 unspecified atom stereocenters. The molecule has 0 saturated heterocycles. The molecular weight excluding hydrogens is 425 g/mol. The van der Waals surface area contributed by atoms with Crippen LogP contribution >= 0.6 is 8.22 Å². The quantitative estimate of drug-likeness (QED) is 0.262. The van der Waals surface area contributed by atoms with E-state index in [-0.39, 0.29) is 28.5 Å². The van der Waals surface area contributed by atoms with Gasteiger partial charge >= 0.3 is 5.97 Å². The van der Waals surface area contributed by atoms with Gasteiger partial charge in [-0.05, 0) is 55.4 Å². The predicted octanol–water partition coefficient (Wildman–Crippen LogP) is 4.66. The van der Waals surface area contributed by atoms with Crippen LogP contribution in [-0.4, -0.2) is 84.3 Å². The van der Waals surface area contributed by atoms with Crippen LogP contribution in [0.4, 0.5) is 0 Å². The van der Waals surface area contributed by atoms with Gasteiger partial charge in [-0.2, -0.15) is 0 Å². The number of carbonyl (C=O) groups is 2. The van der Waals surface area contributed by atoms with E-state index in [9.17, 15) is 9.59 Å². The minimum atomic E-state index is -2.06. The van der Waals surface area contributed by atoms with Crippen LogP contribution in [0, 0.1) is 11.8 Å². The Balaban J connectivity index is 4.01. The number of amides is 1. The summed E-state index contributed by atoms with van der Waals surface area (Å²) in [5, 5.41) is 0. The molecule has 6 nitrogen and oxygen atoms in total. The molecule has 31 heavy (non-hydrogen) atoms. The largest absolute Gasteiger partial charge is 0.469 e. The molecule has 3 atom stereocenters. The summed E-state index contributed by atoms with van der Waals surface area (Å²) < 4.78 is 10.2. The normalized spacial score (nSPS) is 24.3. The third kappa shape index (κ3) is 5.05. The number of nitrogens with zero attached hydrogens (tertiary/aromatic N) is 3. The lowest BCUT2D eigenvalue weighted by atomic mass is 10.3. The summed E-state index contributed by atoms with van der Waals surface area (Å²) in [5.41, 5.74) is 0. The lowest BCUT2D eigenvalue weighted by molar-refractivity contribution is -0.144. The van der Waals surface area contributed by atoms with E-state index in [0.717, 1.165) is 0 Å².